The predicted octanol–water partition coefficient (Wildman–Crippen LogP) is 4.59. The van der Waals surface area contributed by atoms with Crippen LogP contribution < -0.4 is 0 Å². The topological polar surface area (TPSA) is 0 Å². The van der Waals surface area contributed by atoms with Crippen LogP contribution in [0.1, 0.15) is 30.7 Å². The van der Waals surface area contributed by atoms with Crippen molar-refractivity contribution in [1.29, 1.82) is 0 Å². The van der Waals surface area contributed by atoms with Gasteiger partial charge in [-0.2, -0.15) is 0 Å². The van der Waals surface area contributed by atoms with Gasteiger partial charge in [0.25, 0.3) is 0 Å². The van der Waals surface area contributed by atoms with Gasteiger partial charge in [0.1, 0.15) is 5.82 Å². The Hall–Kier alpha value is -0.510. The maximum absolute atomic E-state index is 13.5. The third kappa shape index (κ3) is 1.99. The third-order valence-electron chi connectivity index (χ3n) is 3.28. The molecular weight excluding hydrogens is 281 g/mol. The van der Waals surface area contributed by atoms with Gasteiger partial charge in [-0.05, 0) is 23.8 Å². The van der Waals surface area contributed by atoms with E-state index in [1.54, 1.807) is 0 Å². The van der Waals surface area contributed by atoms with Gasteiger partial charge < -0.3 is 0 Å². The Kier molecular flexibility index (Phi) is 2.81. The molecule has 0 amide bonds. The van der Waals surface area contributed by atoms with E-state index < -0.39 is 17.5 Å². The summed E-state index contributed by atoms with van der Waals surface area (Å²) in [6, 6.07) is 1.55. The quantitative estimate of drug-likeness (QED) is 0.553. The third-order valence-corrected chi connectivity index (χ3v) is 4.41. The zero-order valence-electron chi connectivity index (χ0n) is 9.03. The fraction of sp³-hybridized carbons (Fsp3) is 0.500. The Balaban J connectivity index is 2.31. The van der Waals surface area contributed by atoms with Crippen LogP contribution in [0.5, 0.6) is 0 Å². The number of halogens is 4. The molecule has 2 rings (SSSR count). The van der Waals surface area contributed by atoms with Crippen molar-refractivity contribution in [3.63, 3.8) is 0 Å². The molecule has 1 aromatic rings. The summed E-state index contributed by atoms with van der Waals surface area (Å²) < 4.78 is 39.3. The van der Waals surface area contributed by atoms with Crippen molar-refractivity contribution >= 4 is 15.9 Å². The lowest BCUT2D eigenvalue weighted by molar-refractivity contribution is 0.483. The lowest BCUT2D eigenvalue weighted by atomic mass is 10.0. The maximum atomic E-state index is 13.5. The first kappa shape index (κ1) is 12.0. The zero-order chi connectivity index (χ0) is 12.1. The monoisotopic (exact) mass is 292 g/mol. The number of benzene rings is 1. The number of hydrogen-bond donors (Lipinski definition) is 0. The van der Waals surface area contributed by atoms with Gasteiger partial charge in [-0.3, -0.25) is 0 Å². The molecule has 0 nitrogen and oxygen atoms in total. The number of alkyl halides is 1. The second-order valence-corrected chi connectivity index (χ2v) is 5.98. The molecule has 4 heteroatoms. The van der Waals surface area contributed by atoms with E-state index in [4.69, 9.17) is 0 Å². The summed E-state index contributed by atoms with van der Waals surface area (Å²) in [5.41, 5.74) is 0.348. The van der Waals surface area contributed by atoms with Gasteiger partial charge in [-0.15, -0.1) is 0 Å². The molecule has 1 saturated carbocycles. The molecule has 0 aliphatic heterocycles. The first-order valence-corrected chi connectivity index (χ1v) is 6.03. The molecule has 0 saturated heterocycles. The molecule has 2 unspecified atom stereocenters. The van der Waals surface area contributed by atoms with Crippen molar-refractivity contribution in [3.05, 3.63) is 35.1 Å². The Morgan fingerprint density at radius 2 is 1.69 bits per heavy atom. The molecule has 0 bridgehead atoms. The van der Waals surface area contributed by atoms with Crippen molar-refractivity contribution < 1.29 is 13.2 Å². The van der Waals surface area contributed by atoms with Crippen LogP contribution in [0.2, 0.25) is 0 Å². The van der Waals surface area contributed by atoms with Crippen LogP contribution in [0, 0.1) is 28.8 Å². The molecule has 0 radical (unpaired) electrons. The molecule has 1 aromatic carbocycles. The average molecular weight is 293 g/mol. The molecule has 2 atom stereocenters. The highest BCUT2D eigenvalue weighted by Gasteiger charge is 2.50. The molecule has 1 aliphatic rings. The first-order chi connectivity index (χ1) is 7.33. The van der Waals surface area contributed by atoms with Crippen molar-refractivity contribution in [2.24, 2.45) is 11.3 Å². The largest absolute Gasteiger partial charge is 0.207 e. The summed E-state index contributed by atoms with van der Waals surface area (Å²) in [6.45, 7) is 4.15. The van der Waals surface area contributed by atoms with Gasteiger partial charge in [0.15, 0.2) is 11.6 Å². The van der Waals surface area contributed by atoms with Gasteiger partial charge in [0.2, 0.25) is 0 Å². The van der Waals surface area contributed by atoms with E-state index in [2.05, 4.69) is 29.8 Å². The molecule has 0 aromatic heterocycles. The second kappa shape index (κ2) is 3.76. The molecule has 0 spiro atoms. The molecule has 16 heavy (non-hydrogen) atoms. The smallest absolute Gasteiger partial charge is 0.161 e. The molecular formula is C12H12BrF3. The van der Waals surface area contributed by atoms with E-state index in [0.717, 1.165) is 12.5 Å². The number of rotatable bonds is 2. The van der Waals surface area contributed by atoms with Crippen LogP contribution in [0.3, 0.4) is 0 Å². The normalized spacial score (nSPS) is 24.2. The van der Waals surface area contributed by atoms with E-state index >= 15 is 0 Å². The Morgan fingerprint density at radius 3 is 2.19 bits per heavy atom. The summed E-state index contributed by atoms with van der Waals surface area (Å²) in [7, 11) is 0. The lowest BCUT2D eigenvalue weighted by Gasteiger charge is -2.13. The van der Waals surface area contributed by atoms with Gasteiger partial charge in [0.05, 0.1) is 0 Å². The lowest BCUT2D eigenvalue weighted by Crippen LogP contribution is -2.03. The molecule has 0 N–H and O–H groups in total. The van der Waals surface area contributed by atoms with Gasteiger partial charge in [0, 0.05) is 16.5 Å². The SMILES string of the molecule is CC1(C)CC1C(Br)c1cc(F)c(F)cc1F. The standard InChI is InChI=1S/C12H12BrF3/c1-12(2)5-7(12)11(13)6-3-9(15)10(16)4-8(6)14/h3-4,7,11H,5H2,1-2H3. The van der Waals surface area contributed by atoms with Crippen molar-refractivity contribution in [3.8, 4) is 0 Å². The van der Waals surface area contributed by atoms with E-state index in [0.29, 0.717) is 6.07 Å². The Labute approximate surface area is 101 Å². The highest BCUT2D eigenvalue weighted by molar-refractivity contribution is 9.09. The minimum absolute atomic E-state index is 0.144. The van der Waals surface area contributed by atoms with E-state index in [1.807, 2.05) is 0 Å². The van der Waals surface area contributed by atoms with Crippen LogP contribution in [-0.2, 0) is 0 Å². The zero-order valence-corrected chi connectivity index (χ0v) is 10.6. The highest BCUT2D eigenvalue weighted by atomic mass is 79.9. The molecule has 88 valence electrons. The minimum atomic E-state index is -1.14. The van der Waals surface area contributed by atoms with E-state index in [-0.39, 0.29) is 21.7 Å². The van der Waals surface area contributed by atoms with Crippen LogP contribution in [-0.4, -0.2) is 0 Å². The predicted molar refractivity (Wildman–Crippen MR) is 59.9 cm³/mol. The van der Waals surface area contributed by atoms with Gasteiger partial charge >= 0.3 is 0 Å². The molecule has 0 heterocycles. The Morgan fingerprint density at radius 1 is 1.19 bits per heavy atom. The summed E-state index contributed by atoms with van der Waals surface area (Å²) in [6.07, 6.45) is 0.960. The summed E-state index contributed by atoms with van der Waals surface area (Å²) in [4.78, 5) is -0.252. The van der Waals surface area contributed by atoms with Crippen LogP contribution in [0.25, 0.3) is 0 Å². The minimum Gasteiger partial charge on any atom is -0.207 e. The molecule has 1 fully saturated rings. The average Bonchev–Trinajstić information content (AvgIpc) is 2.80. The summed E-state index contributed by atoms with van der Waals surface area (Å²) >= 11 is 3.37. The van der Waals surface area contributed by atoms with Crippen LogP contribution >= 0.6 is 15.9 Å². The van der Waals surface area contributed by atoms with Gasteiger partial charge in [-0.25, -0.2) is 13.2 Å². The van der Waals surface area contributed by atoms with Gasteiger partial charge in [-0.1, -0.05) is 29.8 Å². The number of hydrogen-bond acceptors (Lipinski definition) is 0. The summed E-state index contributed by atoms with van der Waals surface area (Å²) in [5.74, 6) is -2.56. The summed E-state index contributed by atoms with van der Waals surface area (Å²) in [5, 5.41) is 0. The Bertz CT molecular complexity index is 429. The second-order valence-electron chi connectivity index (χ2n) is 4.99. The van der Waals surface area contributed by atoms with Crippen molar-refractivity contribution in [2.45, 2.75) is 25.1 Å². The van der Waals surface area contributed by atoms with Crippen LogP contribution in [0.4, 0.5) is 13.2 Å². The maximum Gasteiger partial charge on any atom is 0.161 e. The fourth-order valence-corrected chi connectivity index (χ4v) is 3.23. The highest BCUT2D eigenvalue weighted by Crippen LogP contribution is 2.60. The van der Waals surface area contributed by atoms with E-state index in [1.165, 1.54) is 0 Å². The van der Waals surface area contributed by atoms with Crippen LogP contribution in [0.15, 0.2) is 12.1 Å². The van der Waals surface area contributed by atoms with Crippen molar-refractivity contribution in [2.75, 3.05) is 0 Å². The fourth-order valence-electron chi connectivity index (χ4n) is 1.97. The van der Waals surface area contributed by atoms with E-state index in [9.17, 15) is 13.2 Å². The van der Waals surface area contributed by atoms with Crippen molar-refractivity contribution in [1.82, 2.24) is 0 Å². The molecule has 1 aliphatic carbocycles. The first-order valence-electron chi connectivity index (χ1n) is 5.11.